The molecule has 3 rings (SSSR count). The monoisotopic (exact) mass is 367 g/mol. The number of rotatable bonds is 5. The van der Waals surface area contributed by atoms with E-state index in [9.17, 15) is 18.1 Å². The van der Waals surface area contributed by atoms with Gasteiger partial charge in [0, 0.05) is 12.4 Å². The van der Waals surface area contributed by atoms with Gasteiger partial charge in [-0.15, -0.1) is 0 Å². The standard InChI is InChI=1S/C19H14FN3O2S/c20-17-7-9-18(10-8-17)23(14-15-4-3-11-22-13-15)26(24,25)19-6-2-1-5-16(19)12-21/h1-11,13H,14H2. The smallest absolute Gasteiger partial charge is 0.264 e. The van der Waals surface area contributed by atoms with Gasteiger partial charge in [0.15, 0.2) is 0 Å². The van der Waals surface area contributed by atoms with Gasteiger partial charge >= 0.3 is 0 Å². The van der Waals surface area contributed by atoms with Crippen molar-refractivity contribution in [2.45, 2.75) is 11.4 Å². The third kappa shape index (κ3) is 3.55. The molecule has 0 aliphatic heterocycles. The molecule has 0 spiro atoms. The molecule has 0 saturated heterocycles. The lowest BCUT2D eigenvalue weighted by atomic mass is 10.2. The van der Waals surface area contributed by atoms with Crippen LogP contribution in [0.3, 0.4) is 0 Å². The summed E-state index contributed by atoms with van der Waals surface area (Å²) in [5, 5.41) is 9.27. The SMILES string of the molecule is N#Cc1ccccc1S(=O)(=O)N(Cc1cccnc1)c1ccc(F)cc1. The molecule has 0 saturated carbocycles. The van der Waals surface area contributed by atoms with Crippen LogP contribution in [0.2, 0.25) is 0 Å². The van der Waals surface area contributed by atoms with Crippen LogP contribution in [0, 0.1) is 17.1 Å². The summed E-state index contributed by atoms with van der Waals surface area (Å²) < 4.78 is 41.0. The molecule has 0 amide bonds. The fraction of sp³-hybridized carbons (Fsp3) is 0.0526. The highest BCUT2D eigenvalue weighted by atomic mass is 32.2. The van der Waals surface area contributed by atoms with Crippen LogP contribution >= 0.6 is 0 Å². The molecule has 2 aromatic carbocycles. The van der Waals surface area contributed by atoms with Gasteiger partial charge in [-0.2, -0.15) is 5.26 Å². The van der Waals surface area contributed by atoms with Crippen molar-refractivity contribution in [1.29, 1.82) is 5.26 Å². The maximum absolute atomic E-state index is 13.3. The van der Waals surface area contributed by atoms with E-state index in [0.29, 0.717) is 11.3 Å². The van der Waals surface area contributed by atoms with Crippen molar-refractivity contribution in [2.24, 2.45) is 0 Å². The summed E-state index contributed by atoms with van der Waals surface area (Å²) in [6.07, 6.45) is 3.15. The number of benzene rings is 2. The molecule has 0 radical (unpaired) electrons. The number of aromatic nitrogens is 1. The normalized spacial score (nSPS) is 10.9. The minimum absolute atomic E-state index is 0.00156. The molecule has 7 heteroatoms. The molecular formula is C19H14FN3O2S. The van der Waals surface area contributed by atoms with E-state index in [1.54, 1.807) is 36.7 Å². The number of halogens is 1. The quantitative estimate of drug-likeness (QED) is 0.692. The Hall–Kier alpha value is -3.24. The second-order valence-electron chi connectivity index (χ2n) is 5.46. The van der Waals surface area contributed by atoms with Crippen molar-refractivity contribution in [1.82, 2.24) is 4.98 Å². The summed E-state index contributed by atoms with van der Waals surface area (Å²) in [4.78, 5) is 3.90. The molecule has 1 aromatic heterocycles. The maximum Gasteiger partial charge on any atom is 0.265 e. The molecular weight excluding hydrogens is 353 g/mol. The third-order valence-corrected chi connectivity index (χ3v) is 5.57. The summed E-state index contributed by atoms with van der Waals surface area (Å²) in [6.45, 7) is 0.00156. The number of anilines is 1. The van der Waals surface area contributed by atoms with Gasteiger partial charge in [0.05, 0.1) is 17.8 Å². The van der Waals surface area contributed by atoms with E-state index < -0.39 is 15.8 Å². The highest BCUT2D eigenvalue weighted by Gasteiger charge is 2.27. The average Bonchev–Trinajstić information content (AvgIpc) is 2.67. The zero-order valence-corrected chi connectivity index (χ0v) is 14.4. The van der Waals surface area contributed by atoms with Crippen LogP contribution in [-0.4, -0.2) is 13.4 Å². The summed E-state index contributed by atoms with van der Waals surface area (Å²) in [7, 11) is -4.05. The molecule has 1 heterocycles. The van der Waals surface area contributed by atoms with Crippen LogP contribution in [0.15, 0.2) is 78.0 Å². The fourth-order valence-corrected chi connectivity index (χ4v) is 4.08. The zero-order chi connectivity index (χ0) is 18.6. The van der Waals surface area contributed by atoms with Crippen LogP contribution in [0.1, 0.15) is 11.1 Å². The Kier molecular flexibility index (Phi) is 4.96. The van der Waals surface area contributed by atoms with E-state index in [-0.39, 0.29) is 17.0 Å². The Morgan fingerprint density at radius 3 is 2.42 bits per heavy atom. The van der Waals surface area contributed by atoms with Crippen molar-refractivity contribution in [3.05, 3.63) is 90.0 Å². The zero-order valence-electron chi connectivity index (χ0n) is 13.6. The first-order valence-corrected chi connectivity index (χ1v) is 9.13. The predicted molar refractivity (Wildman–Crippen MR) is 95.2 cm³/mol. The van der Waals surface area contributed by atoms with Crippen molar-refractivity contribution < 1.29 is 12.8 Å². The van der Waals surface area contributed by atoms with Gasteiger partial charge in [0.2, 0.25) is 0 Å². The van der Waals surface area contributed by atoms with Crippen LogP contribution in [0.5, 0.6) is 0 Å². The highest BCUT2D eigenvalue weighted by Crippen LogP contribution is 2.27. The first kappa shape index (κ1) is 17.6. The van der Waals surface area contributed by atoms with E-state index in [1.807, 2.05) is 6.07 Å². The van der Waals surface area contributed by atoms with Crippen molar-refractivity contribution in [3.8, 4) is 6.07 Å². The second kappa shape index (κ2) is 7.33. The lowest BCUT2D eigenvalue weighted by Crippen LogP contribution is -2.31. The molecule has 3 aromatic rings. The van der Waals surface area contributed by atoms with Gasteiger partial charge in [-0.25, -0.2) is 12.8 Å². The van der Waals surface area contributed by atoms with Gasteiger partial charge in [-0.3, -0.25) is 9.29 Å². The third-order valence-electron chi connectivity index (χ3n) is 3.74. The molecule has 0 aliphatic carbocycles. The van der Waals surface area contributed by atoms with Gasteiger partial charge in [-0.1, -0.05) is 18.2 Å². The first-order chi connectivity index (χ1) is 12.5. The fourth-order valence-electron chi connectivity index (χ4n) is 2.48. The molecule has 0 N–H and O–H groups in total. The molecule has 0 fully saturated rings. The first-order valence-electron chi connectivity index (χ1n) is 7.69. The number of hydrogen-bond acceptors (Lipinski definition) is 4. The molecule has 0 bridgehead atoms. The number of nitrogens with zero attached hydrogens (tertiary/aromatic N) is 3. The maximum atomic E-state index is 13.3. The lowest BCUT2D eigenvalue weighted by molar-refractivity contribution is 0.589. The van der Waals surface area contributed by atoms with Gasteiger partial charge < -0.3 is 0 Å². The van der Waals surface area contributed by atoms with E-state index in [4.69, 9.17) is 0 Å². The minimum Gasteiger partial charge on any atom is -0.264 e. The Bertz CT molecular complexity index is 1050. The van der Waals surface area contributed by atoms with Crippen LogP contribution in [0.25, 0.3) is 0 Å². The summed E-state index contributed by atoms with van der Waals surface area (Å²) in [6, 6.07) is 16.5. The summed E-state index contributed by atoms with van der Waals surface area (Å²) in [5.41, 5.74) is 1.00. The Morgan fingerprint density at radius 2 is 1.77 bits per heavy atom. The lowest BCUT2D eigenvalue weighted by Gasteiger charge is -2.25. The number of sulfonamides is 1. The number of pyridine rings is 1. The largest absolute Gasteiger partial charge is 0.265 e. The highest BCUT2D eigenvalue weighted by molar-refractivity contribution is 7.92. The van der Waals surface area contributed by atoms with E-state index >= 15 is 0 Å². The van der Waals surface area contributed by atoms with Crippen molar-refractivity contribution in [2.75, 3.05) is 4.31 Å². The van der Waals surface area contributed by atoms with E-state index in [2.05, 4.69) is 4.98 Å². The van der Waals surface area contributed by atoms with Gasteiger partial charge in [-0.05, 0) is 48.0 Å². The van der Waals surface area contributed by atoms with Crippen LogP contribution in [-0.2, 0) is 16.6 Å². The molecule has 26 heavy (non-hydrogen) atoms. The summed E-state index contributed by atoms with van der Waals surface area (Å²) in [5.74, 6) is -0.468. The number of nitriles is 1. The van der Waals surface area contributed by atoms with E-state index in [0.717, 1.165) is 4.31 Å². The second-order valence-corrected chi connectivity index (χ2v) is 7.29. The summed E-state index contributed by atoms with van der Waals surface area (Å²) >= 11 is 0. The molecule has 0 unspecified atom stereocenters. The topological polar surface area (TPSA) is 74.1 Å². The van der Waals surface area contributed by atoms with Crippen molar-refractivity contribution >= 4 is 15.7 Å². The van der Waals surface area contributed by atoms with Crippen LogP contribution in [0.4, 0.5) is 10.1 Å². The van der Waals surface area contributed by atoms with Gasteiger partial charge in [0.1, 0.15) is 16.8 Å². The van der Waals surface area contributed by atoms with Gasteiger partial charge in [0.25, 0.3) is 10.0 Å². The van der Waals surface area contributed by atoms with E-state index in [1.165, 1.54) is 36.4 Å². The average molecular weight is 367 g/mol. The minimum atomic E-state index is -4.05. The Balaban J connectivity index is 2.13. The van der Waals surface area contributed by atoms with Crippen molar-refractivity contribution in [3.63, 3.8) is 0 Å². The Morgan fingerprint density at radius 1 is 1.04 bits per heavy atom. The predicted octanol–water partition coefficient (Wildman–Crippen LogP) is 3.49. The molecule has 130 valence electrons. The molecule has 0 atom stereocenters. The van der Waals surface area contributed by atoms with Crippen LogP contribution < -0.4 is 4.31 Å². The number of hydrogen-bond donors (Lipinski definition) is 0. The Labute approximate surface area is 151 Å². The molecule has 5 nitrogen and oxygen atoms in total. The molecule has 0 aliphatic rings.